The van der Waals surface area contributed by atoms with Crippen molar-refractivity contribution < 1.29 is 0 Å². The summed E-state index contributed by atoms with van der Waals surface area (Å²) in [5.41, 5.74) is 1.23. The van der Waals surface area contributed by atoms with Gasteiger partial charge in [-0.15, -0.1) is 12.3 Å². The molecule has 1 atom stereocenters. The van der Waals surface area contributed by atoms with Crippen molar-refractivity contribution in [1.82, 2.24) is 10.3 Å². The second kappa shape index (κ2) is 7.03. The normalized spacial score (nSPS) is 12.0. The first-order chi connectivity index (χ1) is 7.34. The number of nitrogens with zero attached hydrogens (tertiary/aromatic N) is 1. The van der Waals surface area contributed by atoms with Crippen molar-refractivity contribution in [3.63, 3.8) is 0 Å². The van der Waals surface area contributed by atoms with Gasteiger partial charge in [0, 0.05) is 24.9 Å². The molecule has 0 aliphatic rings. The highest BCUT2D eigenvalue weighted by atomic mass is 14.9. The molecule has 0 aliphatic heterocycles. The molecule has 0 spiro atoms. The summed E-state index contributed by atoms with van der Waals surface area (Å²) in [7, 11) is 0. The molecule has 0 radical (unpaired) electrons. The number of unbranched alkanes of at least 4 members (excludes halogenated alkanes) is 2. The Balaban J connectivity index is 2.20. The molecule has 0 saturated carbocycles. The fraction of sp³-hybridized carbons (Fsp3) is 0.462. The summed E-state index contributed by atoms with van der Waals surface area (Å²) < 4.78 is 0. The average molecular weight is 202 g/mol. The van der Waals surface area contributed by atoms with E-state index in [4.69, 9.17) is 6.42 Å². The Hall–Kier alpha value is -1.33. The van der Waals surface area contributed by atoms with Crippen LogP contribution in [0.1, 0.15) is 37.8 Å². The Morgan fingerprint density at radius 2 is 2.40 bits per heavy atom. The van der Waals surface area contributed by atoms with E-state index >= 15 is 0 Å². The van der Waals surface area contributed by atoms with Gasteiger partial charge in [0.25, 0.3) is 0 Å². The Morgan fingerprint density at radius 3 is 3.07 bits per heavy atom. The zero-order valence-electron chi connectivity index (χ0n) is 9.24. The molecule has 1 aromatic heterocycles. The monoisotopic (exact) mass is 202 g/mol. The van der Waals surface area contributed by atoms with Crippen LogP contribution in [0.15, 0.2) is 24.5 Å². The molecule has 1 unspecified atom stereocenters. The molecule has 1 N–H and O–H groups in total. The van der Waals surface area contributed by atoms with E-state index in [1.807, 2.05) is 12.3 Å². The summed E-state index contributed by atoms with van der Waals surface area (Å²) in [4.78, 5) is 4.10. The number of pyridine rings is 1. The molecule has 0 aliphatic carbocycles. The van der Waals surface area contributed by atoms with Gasteiger partial charge in [0.2, 0.25) is 0 Å². The summed E-state index contributed by atoms with van der Waals surface area (Å²) >= 11 is 0. The topological polar surface area (TPSA) is 24.9 Å². The lowest BCUT2D eigenvalue weighted by molar-refractivity contribution is 0.548. The first-order valence-electron chi connectivity index (χ1n) is 5.41. The van der Waals surface area contributed by atoms with E-state index < -0.39 is 0 Å². The summed E-state index contributed by atoms with van der Waals surface area (Å²) in [6, 6.07) is 4.42. The van der Waals surface area contributed by atoms with Crippen molar-refractivity contribution in [2.24, 2.45) is 0 Å². The van der Waals surface area contributed by atoms with Gasteiger partial charge in [-0.05, 0) is 37.9 Å². The van der Waals surface area contributed by atoms with Crippen LogP contribution >= 0.6 is 0 Å². The third-order valence-electron chi connectivity index (χ3n) is 2.38. The number of aromatic nitrogens is 1. The van der Waals surface area contributed by atoms with E-state index in [1.54, 1.807) is 6.20 Å². The van der Waals surface area contributed by atoms with Crippen molar-refractivity contribution in [3.05, 3.63) is 30.1 Å². The van der Waals surface area contributed by atoms with E-state index in [0.29, 0.717) is 6.04 Å². The van der Waals surface area contributed by atoms with Crippen LogP contribution in [0.25, 0.3) is 0 Å². The van der Waals surface area contributed by atoms with Crippen LogP contribution in [0.5, 0.6) is 0 Å². The smallest absolute Gasteiger partial charge is 0.0315 e. The van der Waals surface area contributed by atoms with Gasteiger partial charge in [0.05, 0.1) is 0 Å². The van der Waals surface area contributed by atoms with Crippen molar-refractivity contribution in [3.8, 4) is 12.3 Å². The van der Waals surface area contributed by atoms with Gasteiger partial charge in [-0.25, -0.2) is 0 Å². The third kappa shape index (κ3) is 4.62. The lowest BCUT2D eigenvalue weighted by atomic mass is 10.1. The quantitative estimate of drug-likeness (QED) is 0.566. The minimum atomic E-state index is 0.365. The molecule has 0 saturated heterocycles. The second-order valence-electron chi connectivity index (χ2n) is 3.62. The molecule has 0 aromatic carbocycles. The Morgan fingerprint density at radius 1 is 1.53 bits per heavy atom. The van der Waals surface area contributed by atoms with Gasteiger partial charge in [-0.3, -0.25) is 4.98 Å². The molecule has 2 heteroatoms. The highest BCUT2D eigenvalue weighted by molar-refractivity contribution is 5.12. The zero-order valence-corrected chi connectivity index (χ0v) is 9.24. The van der Waals surface area contributed by atoms with Crippen LogP contribution in [0, 0.1) is 12.3 Å². The molecule has 0 fully saturated rings. The zero-order chi connectivity index (χ0) is 10.9. The molecule has 80 valence electrons. The minimum Gasteiger partial charge on any atom is -0.310 e. The van der Waals surface area contributed by atoms with Crippen LogP contribution < -0.4 is 5.32 Å². The molecule has 0 bridgehead atoms. The van der Waals surface area contributed by atoms with Crippen molar-refractivity contribution in [1.29, 1.82) is 0 Å². The lowest BCUT2D eigenvalue weighted by Gasteiger charge is -2.13. The molecule has 0 amide bonds. The van der Waals surface area contributed by atoms with Crippen LogP contribution in [0.4, 0.5) is 0 Å². The molecule has 1 rings (SSSR count). The molecule has 1 heterocycles. The van der Waals surface area contributed by atoms with Gasteiger partial charge >= 0.3 is 0 Å². The maximum atomic E-state index is 5.18. The van der Waals surface area contributed by atoms with E-state index in [2.05, 4.69) is 29.2 Å². The largest absolute Gasteiger partial charge is 0.310 e. The number of hydrogen-bond acceptors (Lipinski definition) is 2. The fourth-order valence-corrected chi connectivity index (χ4v) is 1.42. The predicted octanol–water partition coefficient (Wildman–Crippen LogP) is 2.54. The Labute approximate surface area is 92.1 Å². The maximum Gasteiger partial charge on any atom is 0.0315 e. The van der Waals surface area contributed by atoms with Crippen molar-refractivity contribution in [2.45, 2.75) is 32.2 Å². The fourth-order valence-electron chi connectivity index (χ4n) is 1.42. The number of terminal acetylenes is 1. The van der Waals surface area contributed by atoms with Crippen LogP contribution in [0.2, 0.25) is 0 Å². The molecule has 15 heavy (non-hydrogen) atoms. The van der Waals surface area contributed by atoms with Crippen LogP contribution in [-0.4, -0.2) is 11.5 Å². The van der Waals surface area contributed by atoms with Gasteiger partial charge in [0.1, 0.15) is 0 Å². The van der Waals surface area contributed by atoms with Crippen LogP contribution in [0.3, 0.4) is 0 Å². The number of nitrogens with one attached hydrogen (secondary N) is 1. The van der Waals surface area contributed by atoms with Crippen LogP contribution in [-0.2, 0) is 0 Å². The van der Waals surface area contributed by atoms with E-state index in [0.717, 1.165) is 25.8 Å². The van der Waals surface area contributed by atoms with E-state index in [-0.39, 0.29) is 0 Å². The number of hydrogen-bond donors (Lipinski definition) is 1. The van der Waals surface area contributed by atoms with Gasteiger partial charge in [0.15, 0.2) is 0 Å². The van der Waals surface area contributed by atoms with E-state index in [9.17, 15) is 0 Å². The summed E-state index contributed by atoms with van der Waals surface area (Å²) in [6.07, 6.45) is 12.0. The Kier molecular flexibility index (Phi) is 5.50. The van der Waals surface area contributed by atoms with Gasteiger partial charge in [-0.1, -0.05) is 6.07 Å². The standard InChI is InChI=1S/C13H18N2/c1-3-4-5-6-10-15-12(2)13-8-7-9-14-11-13/h1,7-9,11-12,15H,4-6,10H2,2H3. The third-order valence-corrected chi connectivity index (χ3v) is 2.38. The first kappa shape index (κ1) is 11.7. The highest BCUT2D eigenvalue weighted by Gasteiger charge is 2.02. The average Bonchev–Trinajstić information content (AvgIpc) is 2.30. The molecule has 2 nitrogen and oxygen atoms in total. The Bertz CT molecular complexity index is 300. The van der Waals surface area contributed by atoms with E-state index in [1.165, 1.54) is 5.56 Å². The molecular formula is C13H18N2. The summed E-state index contributed by atoms with van der Waals surface area (Å²) in [5.74, 6) is 2.65. The SMILES string of the molecule is C#CCCCCNC(C)c1cccnc1. The summed E-state index contributed by atoms with van der Waals surface area (Å²) in [6.45, 7) is 3.16. The lowest BCUT2D eigenvalue weighted by Crippen LogP contribution is -2.19. The van der Waals surface area contributed by atoms with Gasteiger partial charge in [-0.2, -0.15) is 0 Å². The minimum absolute atomic E-state index is 0.365. The predicted molar refractivity (Wildman–Crippen MR) is 63.3 cm³/mol. The number of rotatable bonds is 6. The van der Waals surface area contributed by atoms with Crippen molar-refractivity contribution >= 4 is 0 Å². The maximum absolute atomic E-state index is 5.18. The second-order valence-corrected chi connectivity index (χ2v) is 3.62. The molecule has 1 aromatic rings. The highest BCUT2D eigenvalue weighted by Crippen LogP contribution is 2.09. The van der Waals surface area contributed by atoms with Crippen molar-refractivity contribution in [2.75, 3.05) is 6.54 Å². The first-order valence-corrected chi connectivity index (χ1v) is 5.41. The molecular weight excluding hydrogens is 184 g/mol. The summed E-state index contributed by atoms with van der Waals surface area (Å²) in [5, 5.41) is 3.45. The van der Waals surface area contributed by atoms with Gasteiger partial charge < -0.3 is 5.32 Å².